The molecule has 20 heavy (non-hydrogen) atoms. The molecule has 0 N–H and O–H groups in total. The van der Waals surface area contributed by atoms with Crippen LogP contribution in [0.4, 0.5) is 0 Å². The third kappa shape index (κ3) is 4.17. The Labute approximate surface area is 120 Å². The maximum atomic E-state index is 12.1. The first-order valence-electron chi connectivity index (χ1n) is 7.08. The van der Waals surface area contributed by atoms with E-state index in [9.17, 15) is 9.59 Å². The second kappa shape index (κ2) is 6.66. The summed E-state index contributed by atoms with van der Waals surface area (Å²) in [5, 5.41) is 0. The summed E-state index contributed by atoms with van der Waals surface area (Å²) in [6.45, 7) is 4.40. The van der Waals surface area contributed by atoms with Gasteiger partial charge in [0.25, 0.3) is 0 Å². The number of carbonyl (C=O) groups is 2. The molecule has 1 aliphatic rings. The summed E-state index contributed by atoms with van der Waals surface area (Å²) in [6.07, 6.45) is 1.01. The van der Waals surface area contributed by atoms with Gasteiger partial charge in [0.1, 0.15) is 5.78 Å². The second-order valence-electron chi connectivity index (χ2n) is 5.58. The first-order chi connectivity index (χ1) is 9.54. The van der Waals surface area contributed by atoms with Crippen LogP contribution in [0.25, 0.3) is 0 Å². The fraction of sp³-hybridized carbons (Fsp3) is 0.500. The number of hydrogen-bond acceptors (Lipinski definition) is 3. The number of nitrogens with zero attached hydrogens (tertiary/aromatic N) is 2. The van der Waals surface area contributed by atoms with E-state index in [1.807, 2.05) is 18.0 Å². The van der Waals surface area contributed by atoms with E-state index >= 15 is 0 Å². The van der Waals surface area contributed by atoms with E-state index in [0.717, 1.165) is 6.54 Å². The summed E-state index contributed by atoms with van der Waals surface area (Å²) in [5.41, 5.74) is 2.45. The summed E-state index contributed by atoms with van der Waals surface area (Å²) in [6, 6.07) is 8.32. The molecule has 0 unspecified atom stereocenters. The zero-order valence-electron chi connectivity index (χ0n) is 12.3. The fourth-order valence-corrected chi connectivity index (χ4v) is 2.51. The van der Waals surface area contributed by atoms with Crippen LogP contribution in [0.5, 0.6) is 0 Å². The molecule has 1 aliphatic heterocycles. The van der Waals surface area contributed by atoms with Crippen molar-refractivity contribution in [1.82, 2.24) is 9.80 Å². The number of carbonyl (C=O) groups excluding carboxylic acids is 2. The van der Waals surface area contributed by atoms with E-state index in [2.05, 4.69) is 25.1 Å². The van der Waals surface area contributed by atoms with Crippen LogP contribution in [0, 0.1) is 6.92 Å². The van der Waals surface area contributed by atoms with E-state index in [1.54, 1.807) is 4.90 Å². The molecule has 0 atom stereocenters. The van der Waals surface area contributed by atoms with Gasteiger partial charge in [-0.3, -0.25) is 14.5 Å². The molecule has 0 saturated carbocycles. The minimum absolute atomic E-state index is 0.118. The van der Waals surface area contributed by atoms with Gasteiger partial charge >= 0.3 is 0 Å². The van der Waals surface area contributed by atoms with Crippen molar-refractivity contribution in [2.24, 2.45) is 0 Å². The lowest BCUT2D eigenvalue weighted by atomic mass is 10.1. The number of Topliss-reactive ketones (excluding diaryl/α,β-unsaturated/α-hetero) is 1. The highest BCUT2D eigenvalue weighted by molar-refractivity contribution is 5.84. The van der Waals surface area contributed by atoms with Crippen molar-refractivity contribution >= 4 is 11.7 Å². The van der Waals surface area contributed by atoms with E-state index in [0.29, 0.717) is 32.5 Å². The Hall–Kier alpha value is -1.68. The maximum Gasteiger partial charge on any atom is 0.236 e. The molecule has 0 aromatic heterocycles. The van der Waals surface area contributed by atoms with Crippen LogP contribution >= 0.6 is 0 Å². The van der Waals surface area contributed by atoms with Crippen molar-refractivity contribution in [2.45, 2.75) is 26.3 Å². The lowest BCUT2D eigenvalue weighted by Gasteiger charge is -2.28. The highest BCUT2D eigenvalue weighted by Crippen LogP contribution is 2.09. The normalized spacial score (nSPS) is 15.8. The number of piperidine rings is 1. The van der Waals surface area contributed by atoms with Crippen molar-refractivity contribution in [1.29, 1.82) is 0 Å². The average Bonchev–Trinajstić information content (AvgIpc) is 2.39. The zero-order valence-corrected chi connectivity index (χ0v) is 12.3. The molecule has 108 valence electrons. The standard InChI is InChI=1S/C16H22N2O2/c1-13-4-3-5-14(10-13)11-17(2)12-16(20)18-8-6-15(19)7-9-18/h3-5,10H,6-9,11-12H2,1-2H3. The first-order valence-corrected chi connectivity index (χ1v) is 7.08. The van der Waals surface area contributed by atoms with Gasteiger partial charge in [-0.15, -0.1) is 0 Å². The van der Waals surface area contributed by atoms with E-state index < -0.39 is 0 Å². The minimum atomic E-state index is 0.118. The van der Waals surface area contributed by atoms with Crippen LogP contribution in [0.15, 0.2) is 24.3 Å². The van der Waals surface area contributed by atoms with Crippen LogP contribution in [0.3, 0.4) is 0 Å². The molecular weight excluding hydrogens is 252 g/mol. The minimum Gasteiger partial charge on any atom is -0.341 e. The van der Waals surface area contributed by atoms with Gasteiger partial charge in [0.15, 0.2) is 0 Å². The summed E-state index contributed by atoms with van der Waals surface area (Å²) < 4.78 is 0. The topological polar surface area (TPSA) is 40.6 Å². The molecule has 1 fully saturated rings. The summed E-state index contributed by atoms with van der Waals surface area (Å²) >= 11 is 0. The molecule has 1 saturated heterocycles. The van der Waals surface area contributed by atoms with E-state index in [4.69, 9.17) is 0 Å². The summed E-state index contributed by atoms with van der Waals surface area (Å²) in [4.78, 5) is 27.1. The van der Waals surface area contributed by atoms with Gasteiger partial charge in [-0.25, -0.2) is 0 Å². The number of hydrogen-bond donors (Lipinski definition) is 0. The van der Waals surface area contributed by atoms with Gasteiger partial charge in [0.2, 0.25) is 5.91 Å². The third-order valence-corrected chi connectivity index (χ3v) is 3.61. The maximum absolute atomic E-state index is 12.1. The second-order valence-corrected chi connectivity index (χ2v) is 5.58. The Morgan fingerprint density at radius 1 is 1.30 bits per heavy atom. The highest BCUT2D eigenvalue weighted by Gasteiger charge is 2.21. The molecule has 4 nitrogen and oxygen atoms in total. The van der Waals surface area contributed by atoms with Gasteiger partial charge in [-0.1, -0.05) is 29.8 Å². The summed E-state index contributed by atoms with van der Waals surface area (Å²) in [7, 11) is 1.95. The molecule has 0 bridgehead atoms. The highest BCUT2D eigenvalue weighted by atomic mass is 16.2. The fourth-order valence-electron chi connectivity index (χ4n) is 2.51. The lowest BCUT2D eigenvalue weighted by molar-refractivity contribution is -0.135. The van der Waals surface area contributed by atoms with Crippen molar-refractivity contribution in [3.05, 3.63) is 35.4 Å². The molecule has 0 radical (unpaired) electrons. The number of benzene rings is 1. The Kier molecular flexibility index (Phi) is 4.90. The number of rotatable bonds is 4. The number of likely N-dealkylation sites (N-methyl/N-ethyl adjacent to an activating group) is 1. The van der Waals surface area contributed by atoms with Crippen molar-refractivity contribution in [3.8, 4) is 0 Å². The van der Waals surface area contributed by atoms with Crippen LogP contribution in [0.1, 0.15) is 24.0 Å². The molecular formula is C16H22N2O2. The number of aryl methyl sites for hydroxylation is 1. The Morgan fingerprint density at radius 2 is 2.00 bits per heavy atom. The van der Waals surface area contributed by atoms with Gasteiger partial charge in [-0.2, -0.15) is 0 Å². The number of amides is 1. The van der Waals surface area contributed by atoms with Crippen LogP contribution in [-0.2, 0) is 16.1 Å². The van der Waals surface area contributed by atoms with Crippen molar-refractivity contribution in [2.75, 3.05) is 26.7 Å². The Morgan fingerprint density at radius 3 is 2.65 bits per heavy atom. The van der Waals surface area contributed by atoms with Gasteiger partial charge < -0.3 is 4.90 Å². The van der Waals surface area contributed by atoms with Crippen LogP contribution in [-0.4, -0.2) is 48.2 Å². The lowest BCUT2D eigenvalue weighted by Crippen LogP contribution is -2.43. The molecule has 2 rings (SSSR count). The predicted molar refractivity (Wildman–Crippen MR) is 78.3 cm³/mol. The number of likely N-dealkylation sites (tertiary alicyclic amines) is 1. The Bertz CT molecular complexity index is 489. The van der Waals surface area contributed by atoms with E-state index in [-0.39, 0.29) is 11.7 Å². The predicted octanol–water partition coefficient (Wildman–Crippen LogP) is 1.62. The smallest absolute Gasteiger partial charge is 0.236 e. The monoisotopic (exact) mass is 274 g/mol. The van der Waals surface area contributed by atoms with Crippen LogP contribution < -0.4 is 0 Å². The van der Waals surface area contributed by atoms with Gasteiger partial charge in [0, 0.05) is 32.5 Å². The molecule has 1 heterocycles. The molecule has 1 aromatic rings. The molecule has 0 aliphatic carbocycles. The zero-order chi connectivity index (χ0) is 14.5. The Balaban J connectivity index is 1.83. The average molecular weight is 274 g/mol. The molecule has 1 aromatic carbocycles. The number of ketones is 1. The van der Waals surface area contributed by atoms with Crippen molar-refractivity contribution in [3.63, 3.8) is 0 Å². The molecule has 4 heteroatoms. The summed E-state index contributed by atoms with van der Waals surface area (Å²) in [5.74, 6) is 0.384. The van der Waals surface area contributed by atoms with Gasteiger partial charge in [0.05, 0.1) is 6.54 Å². The van der Waals surface area contributed by atoms with E-state index in [1.165, 1.54) is 11.1 Å². The first kappa shape index (κ1) is 14.7. The van der Waals surface area contributed by atoms with Gasteiger partial charge in [-0.05, 0) is 19.5 Å². The molecule has 0 spiro atoms. The quantitative estimate of drug-likeness (QED) is 0.837. The van der Waals surface area contributed by atoms with Crippen LogP contribution in [0.2, 0.25) is 0 Å². The SMILES string of the molecule is Cc1cccc(CN(C)CC(=O)N2CCC(=O)CC2)c1. The largest absolute Gasteiger partial charge is 0.341 e. The third-order valence-electron chi connectivity index (χ3n) is 3.61. The molecule has 1 amide bonds. The van der Waals surface area contributed by atoms with Crippen molar-refractivity contribution < 1.29 is 9.59 Å².